The number of halogens is 1. The van der Waals surface area contributed by atoms with Gasteiger partial charge in [0.1, 0.15) is 16.4 Å². The van der Waals surface area contributed by atoms with Gasteiger partial charge in [0.25, 0.3) is 5.91 Å². The van der Waals surface area contributed by atoms with Crippen molar-refractivity contribution in [3.63, 3.8) is 0 Å². The maximum Gasteiger partial charge on any atom is 0.255 e. The zero-order chi connectivity index (χ0) is 20.9. The third-order valence-electron chi connectivity index (χ3n) is 3.76. The van der Waals surface area contributed by atoms with Crippen molar-refractivity contribution in [2.75, 3.05) is 20.7 Å². The molecule has 2 aromatic rings. The number of carbonyl (C=O) groups is 1. The molecule has 0 atom stereocenters. The number of benzene rings is 2. The Morgan fingerprint density at radius 1 is 1.32 bits per heavy atom. The molecule has 0 unspecified atom stereocenters. The van der Waals surface area contributed by atoms with Crippen LogP contribution in [0.25, 0.3) is 0 Å². The molecule has 0 aromatic heterocycles. The number of hydrazone groups is 1. The molecule has 28 heavy (non-hydrogen) atoms. The molecule has 2 aromatic carbocycles. The van der Waals surface area contributed by atoms with E-state index in [0.29, 0.717) is 5.56 Å². The lowest BCUT2D eigenvalue weighted by Crippen LogP contribution is -2.36. The Bertz CT molecular complexity index is 1010. The van der Waals surface area contributed by atoms with E-state index in [1.54, 1.807) is 31.2 Å². The van der Waals surface area contributed by atoms with Crippen LogP contribution in [0, 0.1) is 6.92 Å². The fourth-order valence-corrected chi connectivity index (χ4v) is 4.02. The number of hydrogen-bond donors (Lipinski definition) is 2. The van der Waals surface area contributed by atoms with E-state index >= 15 is 0 Å². The number of likely N-dealkylation sites (N-methyl/N-ethyl adjacent to an activating group) is 1. The lowest BCUT2D eigenvalue weighted by Gasteiger charge is -2.18. The second kappa shape index (κ2) is 9.18. The van der Waals surface area contributed by atoms with Crippen molar-refractivity contribution >= 4 is 38.1 Å². The Morgan fingerprint density at radius 3 is 2.71 bits per heavy atom. The summed E-state index contributed by atoms with van der Waals surface area (Å²) in [5.74, 6) is -0.447. The highest BCUT2D eigenvalue weighted by molar-refractivity contribution is 9.10. The van der Waals surface area contributed by atoms with Gasteiger partial charge >= 0.3 is 0 Å². The van der Waals surface area contributed by atoms with Crippen molar-refractivity contribution in [3.8, 4) is 11.5 Å². The summed E-state index contributed by atoms with van der Waals surface area (Å²) in [5, 5.41) is 13.5. The third kappa shape index (κ3) is 5.31. The van der Waals surface area contributed by atoms with E-state index in [1.165, 1.54) is 32.5 Å². The van der Waals surface area contributed by atoms with Crippen LogP contribution in [0.4, 0.5) is 0 Å². The summed E-state index contributed by atoms with van der Waals surface area (Å²) in [6.45, 7) is 1.32. The zero-order valence-corrected chi connectivity index (χ0v) is 17.9. The van der Waals surface area contributed by atoms with Gasteiger partial charge in [-0.25, -0.2) is 13.8 Å². The molecule has 0 bridgehead atoms. The predicted octanol–water partition coefficient (Wildman–Crippen LogP) is 2.24. The van der Waals surface area contributed by atoms with Crippen LogP contribution in [0.15, 0.2) is 50.9 Å². The number of phenolic OH excluding ortho intramolecular Hbond substituents is 1. The molecule has 0 aliphatic heterocycles. The first-order valence-electron chi connectivity index (χ1n) is 8.06. The molecule has 0 saturated heterocycles. The van der Waals surface area contributed by atoms with Crippen LogP contribution >= 0.6 is 15.9 Å². The number of nitrogens with one attached hydrogen (secondary N) is 1. The van der Waals surface area contributed by atoms with Crippen LogP contribution in [0.5, 0.6) is 11.5 Å². The van der Waals surface area contributed by atoms with E-state index in [-0.39, 0.29) is 16.4 Å². The monoisotopic (exact) mass is 469 g/mol. The Hall–Kier alpha value is -2.43. The molecule has 0 spiro atoms. The molecular weight excluding hydrogens is 450 g/mol. The van der Waals surface area contributed by atoms with E-state index in [4.69, 9.17) is 4.74 Å². The van der Waals surface area contributed by atoms with Crippen LogP contribution < -0.4 is 10.2 Å². The van der Waals surface area contributed by atoms with Gasteiger partial charge in [0.15, 0.2) is 0 Å². The molecule has 1 amide bonds. The summed E-state index contributed by atoms with van der Waals surface area (Å²) in [6.07, 6.45) is 1.26. The first-order valence-corrected chi connectivity index (χ1v) is 10.3. The third-order valence-corrected chi connectivity index (χ3v) is 6.07. The van der Waals surface area contributed by atoms with Gasteiger partial charge in [-0.15, -0.1) is 0 Å². The number of methoxy groups -OCH3 is 1. The largest absolute Gasteiger partial charge is 0.507 e. The van der Waals surface area contributed by atoms with Crippen molar-refractivity contribution in [3.05, 3.63) is 52.0 Å². The minimum absolute atomic E-state index is 0.00700. The van der Waals surface area contributed by atoms with E-state index in [9.17, 15) is 18.3 Å². The van der Waals surface area contributed by atoms with Crippen molar-refractivity contribution in [2.45, 2.75) is 11.8 Å². The summed E-state index contributed by atoms with van der Waals surface area (Å²) in [4.78, 5) is 12.0. The fraction of sp³-hybridized carbons (Fsp3) is 0.222. The molecular formula is C18H20BrN3O5S. The van der Waals surface area contributed by atoms with Gasteiger partial charge in [-0.05, 0) is 42.8 Å². The maximum absolute atomic E-state index is 12.8. The lowest BCUT2D eigenvalue weighted by atomic mass is 10.2. The quantitative estimate of drug-likeness (QED) is 0.477. The van der Waals surface area contributed by atoms with E-state index in [2.05, 4.69) is 26.5 Å². The number of aryl methyl sites for hydroxylation is 1. The number of hydrogen-bond acceptors (Lipinski definition) is 6. The Balaban J connectivity index is 2.08. The topological polar surface area (TPSA) is 108 Å². The molecule has 0 saturated carbocycles. The van der Waals surface area contributed by atoms with Gasteiger partial charge in [-0.3, -0.25) is 4.79 Å². The first-order chi connectivity index (χ1) is 13.1. The van der Waals surface area contributed by atoms with Crippen molar-refractivity contribution in [2.24, 2.45) is 5.10 Å². The summed E-state index contributed by atoms with van der Waals surface area (Å²) in [7, 11) is -1.27. The van der Waals surface area contributed by atoms with Crippen LogP contribution in [-0.2, 0) is 14.8 Å². The maximum atomic E-state index is 12.8. The SMILES string of the molecule is COc1ccc(C)cc1S(=O)(=O)N(C)CC(=O)N/N=C/c1cc(Br)ccc1O. The fourth-order valence-electron chi connectivity index (χ4n) is 2.28. The van der Waals surface area contributed by atoms with E-state index < -0.39 is 22.5 Å². The van der Waals surface area contributed by atoms with E-state index in [1.807, 2.05) is 0 Å². The number of sulfonamides is 1. The molecule has 150 valence electrons. The highest BCUT2D eigenvalue weighted by atomic mass is 79.9. The van der Waals surface area contributed by atoms with Crippen LogP contribution in [-0.4, -0.2) is 50.7 Å². The highest BCUT2D eigenvalue weighted by Crippen LogP contribution is 2.27. The zero-order valence-electron chi connectivity index (χ0n) is 15.5. The number of nitrogens with zero attached hydrogens (tertiary/aromatic N) is 2. The molecule has 0 radical (unpaired) electrons. The van der Waals surface area contributed by atoms with Gasteiger partial charge in [0.05, 0.1) is 19.9 Å². The van der Waals surface area contributed by atoms with Gasteiger partial charge in [0.2, 0.25) is 10.0 Å². The molecule has 0 fully saturated rings. The van der Waals surface area contributed by atoms with Crippen molar-refractivity contribution < 1.29 is 23.1 Å². The summed E-state index contributed by atoms with van der Waals surface area (Å²) in [5.41, 5.74) is 3.37. The normalized spacial score (nSPS) is 11.8. The predicted molar refractivity (Wildman–Crippen MR) is 109 cm³/mol. The minimum Gasteiger partial charge on any atom is -0.507 e. The number of aromatic hydroxyl groups is 1. The number of ether oxygens (including phenoxy) is 1. The molecule has 2 N–H and O–H groups in total. The first kappa shape index (κ1) is 21.9. The average molecular weight is 470 g/mol. The van der Waals surface area contributed by atoms with Crippen LogP contribution in [0.1, 0.15) is 11.1 Å². The number of phenols is 1. The second-order valence-corrected chi connectivity index (χ2v) is 8.84. The van der Waals surface area contributed by atoms with Crippen molar-refractivity contribution in [1.82, 2.24) is 9.73 Å². The average Bonchev–Trinajstić information content (AvgIpc) is 2.64. The summed E-state index contributed by atoms with van der Waals surface area (Å²) in [6, 6.07) is 9.53. The van der Waals surface area contributed by atoms with Crippen molar-refractivity contribution in [1.29, 1.82) is 0 Å². The summed E-state index contributed by atoms with van der Waals surface area (Å²) < 4.78 is 32.3. The van der Waals surface area contributed by atoms with E-state index in [0.717, 1.165) is 14.3 Å². The molecule has 10 heteroatoms. The van der Waals surface area contributed by atoms with Crippen LogP contribution in [0.2, 0.25) is 0 Å². The smallest absolute Gasteiger partial charge is 0.255 e. The molecule has 0 aliphatic carbocycles. The number of amides is 1. The minimum atomic E-state index is -3.94. The Kier molecular flexibility index (Phi) is 7.17. The Labute approximate surface area is 172 Å². The molecule has 0 heterocycles. The number of carbonyl (C=O) groups excluding carboxylic acids is 1. The standard InChI is InChI=1S/C18H20BrN3O5S/c1-12-4-7-16(27-3)17(8-12)28(25,26)22(2)11-18(24)21-20-10-13-9-14(19)5-6-15(13)23/h4-10,23H,11H2,1-3H3,(H,21,24)/b20-10+. The van der Waals surface area contributed by atoms with Crippen LogP contribution in [0.3, 0.4) is 0 Å². The second-order valence-electron chi connectivity index (χ2n) is 5.91. The van der Waals surface area contributed by atoms with Gasteiger partial charge in [-0.2, -0.15) is 9.41 Å². The molecule has 8 nitrogen and oxygen atoms in total. The van der Waals surface area contributed by atoms with Gasteiger partial charge in [0, 0.05) is 17.1 Å². The molecule has 2 rings (SSSR count). The lowest BCUT2D eigenvalue weighted by molar-refractivity contribution is -0.121. The highest BCUT2D eigenvalue weighted by Gasteiger charge is 2.26. The summed E-state index contributed by atoms with van der Waals surface area (Å²) >= 11 is 3.27. The molecule has 0 aliphatic rings. The van der Waals surface area contributed by atoms with Gasteiger partial charge in [-0.1, -0.05) is 22.0 Å². The van der Waals surface area contributed by atoms with Gasteiger partial charge < -0.3 is 9.84 Å². The number of rotatable bonds is 7. The Morgan fingerprint density at radius 2 is 2.04 bits per heavy atom.